The van der Waals surface area contributed by atoms with Crippen LogP contribution in [0.5, 0.6) is 0 Å². The molecule has 2 N–H and O–H groups in total. The van der Waals surface area contributed by atoms with Gasteiger partial charge in [0.15, 0.2) is 0 Å². The van der Waals surface area contributed by atoms with E-state index in [-0.39, 0.29) is 11.5 Å². The molecule has 3 nitrogen and oxygen atoms in total. The molecule has 98 valence electrons. The van der Waals surface area contributed by atoms with E-state index in [0.717, 1.165) is 38.7 Å². The zero-order valence-electron chi connectivity index (χ0n) is 10.9. The minimum atomic E-state index is 0.0863. The molecule has 0 amide bonds. The van der Waals surface area contributed by atoms with Gasteiger partial charge < -0.3 is 10.5 Å². The molecule has 0 bridgehead atoms. The molecule has 3 heteroatoms. The lowest BCUT2D eigenvalue weighted by atomic mass is 9.70. The summed E-state index contributed by atoms with van der Waals surface area (Å²) in [5, 5.41) is 0. The van der Waals surface area contributed by atoms with Gasteiger partial charge in [0.05, 0.1) is 5.60 Å². The molecule has 1 saturated carbocycles. The minimum absolute atomic E-state index is 0.0863. The van der Waals surface area contributed by atoms with Gasteiger partial charge in [0.1, 0.15) is 5.78 Å². The third-order valence-electron chi connectivity index (χ3n) is 4.61. The maximum absolute atomic E-state index is 12.2. The van der Waals surface area contributed by atoms with Crippen molar-refractivity contribution in [1.29, 1.82) is 0 Å². The van der Waals surface area contributed by atoms with Crippen molar-refractivity contribution in [2.45, 2.75) is 57.5 Å². The highest BCUT2D eigenvalue weighted by atomic mass is 16.5. The Kier molecular flexibility index (Phi) is 4.21. The van der Waals surface area contributed by atoms with Crippen LogP contribution < -0.4 is 5.73 Å². The first-order chi connectivity index (χ1) is 8.19. The van der Waals surface area contributed by atoms with Crippen LogP contribution in [0.4, 0.5) is 0 Å². The van der Waals surface area contributed by atoms with Crippen molar-refractivity contribution < 1.29 is 9.53 Å². The van der Waals surface area contributed by atoms with Crippen LogP contribution in [0.15, 0.2) is 0 Å². The van der Waals surface area contributed by atoms with E-state index < -0.39 is 0 Å². The summed E-state index contributed by atoms with van der Waals surface area (Å²) in [7, 11) is 0. The van der Waals surface area contributed by atoms with Crippen LogP contribution in [0, 0.1) is 11.8 Å². The van der Waals surface area contributed by atoms with Crippen LogP contribution in [0.2, 0.25) is 0 Å². The predicted molar refractivity (Wildman–Crippen MR) is 67.7 cm³/mol. The Balaban J connectivity index is 1.86. The van der Waals surface area contributed by atoms with Crippen LogP contribution in [0.3, 0.4) is 0 Å². The van der Waals surface area contributed by atoms with E-state index in [1.165, 1.54) is 6.42 Å². The molecule has 1 saturated heterocycles. The zero-order valence-corrected chi connectivity index (χ0v) is 10.9. The Morgan fingerprint density at radius 2 is 2.29 bits per heavy atom. The van der Waals surface area contributed by atoms with Crippen LogP contribution in [-0.2, 0) is 9.53 Å². The zero-order chi connectivity index (χ0) is 12.3. The number of hydrogen-bond acceptors (Lipinski definition) is 3. The maximum atomic E-state index is 12.2. The summed E-state index contributed by atoms with van der Waals surface area (Å²) < 4.78 is 5.86. The second-order valence-electron chi connectivity index (χ2n) is 5.76. The Bertz CT molecular complexity index is 269. The van der Waals surface area contributed by atoms with Crippen molar-refractivity contribution in [3.8, 4) is 0 Å². The summed E-state index contributed by atoms with van der Waals surface area (Å²) in [4.78, 5) is 12.2. The van der Waals surface area contributed by atoms with Crippen molar-refractivity contribution in [2.75, 3.05) is 13.2 Å². The Morgan fingerprint density at radius 3 is 2.82 bits per heavy atom. The van der Waals surface area contributed by atoms with E-state index in [1.54, 1.807) is 0 Å². The number of carbonyl (C=O) groups excluding carboxylic acids is 1. The van der Waals surface area contributed by atoms with E-state index >= 15 is 0 Å². The molecule has 1 aliphatic heterocycles. The fourth-order valence-corrected chi connectivity index (χ4v) is 3.07. The summed E-state index contributed by atoms with van der Waals surface area (Å²) in [5.74, 6) is 1.05. The van der Waals surface area contributed by atoms with Crippen LogP contribution in [-0.4, -0.2) is 24.5 Å². The molecule has 1 heterocycles. The lowest BCUT2D eigenvalue weighted by molar-refractivity contribution is -0.156. The molecule has 0 radical (unpaired) electrons. The van der Waals surface area contributed by atoms with Gasteiger partial charge in [0, 0.05) is 18.9 Å². The van der Waals surface area contributed by atoms with Gasteiger partial charge >= 0.3 is 0 Å². The van der Waals surface area contributed by atoms with Gasteiger partial charge in [-0.15, -0.1) is 0 Å². The van der Waals surface area contributed by atoms with E-state index in [1.807, 2.05) is 0 Å². The first-order valence-corrected chi connectivity index (χ1v) is 7.06. The highest BCUT2D eigenvalue weighted by Crippen LogP contribution is 2.44. The molecular weight excluding hydrogens is 214 g/mol. The Labute approximate surface area is 104 Å². The smallest absolute Gasteiger partial charge is 0.136 e. The monoisotopic (exact) mass is 239 g/mol. The van der Waals surface area contributed by atoms with Crippen LogP contribution in [0.25, 0.3) is 0 Å². The Morgan fingerprint density at radius 1 is 1.53 bits per heavy atom. The standard InChI is InChI=1S/C14H25NO2/c1-2-11(10-15)8-13(16)12-4-7-17-14(9-12)5-3-6-14/h11-12H,2-10,15H2,1H3. The van der Waals surface area contributed by atoms with E-state index in [4.69, 9.17) is 10.5 Å². The average Bonchev–Trinajstić information content (AvgIpc) is 2.34. The lowest BCUT2D eigenvalue weighted by Crippen LogP contribution is -2.47. The van der Waals surface area contributed by atoms with Crippen molar-refractivity contribution in [1.82, 2.24) is 0 Å². The van der Waals surface area contributed by atoms with Crippen molar-refractivity contribution >= 4 is 5.78 Å². The highest BCUT2D eigenvalue weighted by Gasteiger charge is 2.44. The third-order valence-corrected chi connectivity index (χ3v) is 4.61. The van der Waals surface area contributed by atoms with Crippen molar-refractivity contribution in [2.24, 2.45) is 17.6 Å². The quantitative estimate of drug-likeness (QED) is 0.800. The predicted octanol–water partition coefficient (Wildman–Crippen LogP) is 2.28. The maximum Gasteiger partial charge on any atom is 0.136 e. The van der Waals surface area contributed by atoms with E-state index in [9.17, 15) is 4.79 Å². The molecule has 2 fully saturated rings. The second-order valence-corrected chi connectivity index (χ2v) is 5.76. The molecule has 0 aromatic heterocycles. The van der Waals surface area contributed by atoms with Gasteiger partial charge in [-0.2, -0.15) is 0 Å². The van der Waals surface area contributed by atoms with Gasteiger partial charge in [-0.1, -0.05) is 13.3 Å². The fourth-order valence-electron chi connectivity index (χ4n) is 3.07. The molecule has 2 atom stereocenters. The Hall–Kier alpha value is -0.410. The number of ether oxygens (including phenoxy) is 1. The summed E-state index contributed by atoms with van der Waals surface area (Å²) in [6, 6.07) is 0. The molecule has 1 spiro atoms. The summed E-state index contributed by atoms with van der Waals surface area (Å²) >= 11 is 0. The summed E-state index contributed by atoms with van der Waals surface area (Å²) in [5.41, 5.74) is 5.76. The first kappa shape index (κ1) is 13.0. The van der Waals surface area contributed by atoms with Crippen molar-refractivity contribution in [3.05, 3.63) is 0 Å². The van der Waals surface area contributed by atoms with Gasteiger partial charge in [-0.25, -0.2) is 0 Å². The van der Waals surface area contributed by atoms with Gasteiger partial charge in [-0.05, 0) is 44.6 Å². The summed E-state index contributed by atoms with van der Waals surface area (Å²) in [6.07, 6.45) is 7.15. The lowest BCUT2D eigenvalue weighted by Gasteiger charge is -2.47. The normalized spacial score (nSPS) is 28.7. The fraction of sp³-hybridized carbons (Fsp3) is 0.929. The second kappa shape index (κ2) is 5.49. The third kappa shape index (κ3) is 2.89. The van der Waals surface area contributed by atoms with Gasteiger partial charge in [-0.3, -0.25) is 4.79 Å². The topological polar surface area (TPSA) is 52.3 Å². The van der Waals surface area contributed by atoms with Gasteiger partial charge in [0.2, 0.25) is 0 Å². The molecule has 0 aromatic rings. The first-order valence-electron chi connectivity index (χ1n) is 7.06. The average molecular weight is 239 g/mol. The van der Waals surface area contributed by atoms with Crippen LogP contribution >= 0.6 is 0 Å². The SMILES string of the molecule is CCC(CN)CC(=O)C1CCOC2(CCC2)C1. The van der Waals surface area contributed by atoms with Gasteiger partial charge in [0.25, 0.3) is 0 Å². The number of rotatable bonds is 5. The van der Waals surface area contributed by atoms with Crippen molar-refractivity contribution in [3.63, 3.8) is 0 Å². The molecule has 2 unspecified atom stereocenters. The number of ketones is 1. The number of Topliss-reactive ketones (excluding diaryl/α,β-unsaturated/α-hetero) is 1. The number of nitrogens with two attached hydrogens (primary N) is 1. The molecule has 2 aliphatic rings. The minimum Gasteiger partial charge on any atom is -0.375 e. The highest BCUT2D eigenvalue weighted by molar-refractivity contribution is 5.81. The van der Waals surface area contributed by atoms with E-state index in [2.05, 4.69) is 6.92 Å². The summed E-state index contributed by atoms with van der Waals surface area (Å²) in [6.45, 7) is 3.52. The molecule has 1 aliphatic carbocycles. The molecule has 17 heavy (non-hydrogen) atoms. The molecule has 0 aromatic carbocycles. The number of carbonyl (C=O) groups is 1. The van der Waals surface area contributed by atoms with Crippen LogP contribution in [0.1, 0.15) is 51.9 Å². The molecular formula is C14H25NO2. The number of hydrogen-bond donors (Lipinski definition) is 1. The largest absolute Gasteiger partial charge is 0.375 e. The van der Waals surface area contributed by atoms with E-state index in [0.29, 0.717) is 24.7 Å². The molecule has 2 rings (SSSR count).